The average Bonchev–Trinajstić information content (AvgIpc) is 2.54. The van der Waals surface area contributed by atoms with Crippen molar-refractivity contribution in [1.82, 2.24) is 14.8 Å². The van der Waals surface area contributed by atoms with Gasteiger partial charge in [-0.15, -0.1) is 0 Å². The first-order valence-corrected chi connectivity index (χ1v) is 5.38. The average molecular weight is 231 g/mol. The summed E-state index contributed by atoms with van der Waals surface area (Å²) in [5, 5.41) is 15.5. The van der Waals surface area contributed by atoms with Gasteiger partial charge < -0.3 is 9.84 Å². The van der Waals surface area contributed by atoms with Gasteiger partial charge in [-0.2, -0.15) is 5.10 Å². The van der Waals surface area contributed by atoms with Gasteiger partial charge in [0, 0.05) is 6.61 Å². The van der Waals surface area contributed by atoms with E-state index in [2.05, 4.69) is 24.0 Å². The van der Waals surface area contributed by atoms with Crippen LogP contribution in [-0.2, 0) is 17.9 Å². The summed E-state index contributed by atoms with van der Waals surface area (Å²) in [5.41, 5.74) is 0. The highest BCUT2D eigenvalue weighted by Crippen LogP contribution is 1.99. The van der Waals surface area contributed by atoms with Crippen LogP contribution in [0, 0.1) is 10.7 Å². The fraction of sp³-hybridized carbons (Fsp3) is 0.778. The van der Waals surface area contributed by atoms with E-state index in [1.807, 2.05) is 0 Å². The zero-order valence-corrected chi connectivity index (χ0v) is 9.88. The van der Waals surface area contributed by atoms with Crippen molar-refractivity contribution in [3.05, 3.63) is 10.6 Å². The summed E-state index contributed by atoms with van der Waals surface area (Å²) < 4.78 is 7.70. The van der Waals surface area contributed by atoms with E-state index in [9.17, 15) is 0 Å². The summed E-state index contributed by atoms with van der Waals surface area (Å²) in [4.78, 5) is 0. The van der Waals surface area contributed by atoms with Crippen molar-refractivity contribution < 1.29 is 9.84 Å². The fourth-order valence-electron chi connectivity index (χ4n) is 1.18. The van der Waals surface area contributed by atoms with Crippen molar-refractivity contribution >= 4 is 12.2 Å². The van der Waals surface area contributed by atoms with Crippen molar-refractivity contribution in [3.8, 4) is 0 Å². The molecule has 0 aliphatic carbocycles. The molecule has 0 aliphatic heterocycles. The molecular weight excluding hydrogens is 214 g/mol. The Kier molecular flexibility index (Phi) is 4.93. The van der Waals surface area contributed by atoms with Crippen molar-refractivity contribution in [2.75, 3.05) is 13.2 Å². The van der Waals surface area contributed by atoms with Gasteiger partial charge in [0.2, 0.25) is 0 Å². The van der Waals surface area contributed by atoms with Crippen LogP contribution in [-0.4, -0.2) is 33.1 Å². The molecule has 1 heterocycles. The molecule has 0 spiro atoms. The maximum atomic E-state index is 8.99. The number of aromatic nitrogens is 3. The Balaban J connectivity index is 2.43. The first-order chi connectivity index (χ1) is 7.15. The third-order valence-corrected chi connectivity index (χ3v) is 2.20. The molecule has 0 aromatic carbocycles. The number of aliphatic hydroxyl groups is 1. The summed E-state index contributed by atoms with van der Waals surface area (Å²) in [7, 11) is 0. The Morgan fingerprint density at radius 3 is 2.93 bits per heavy atom. The lowest BCUT2D eigenvalue weighted by Gasteiger charge is -2.08. The summed E-state index contributed by atoms with van der Waals surface area (Å²) in [6.45, 7) is 6.03. The van der Waals surface area contributed by atoms with Gasteiger partial charge in [0.25, 0.3) is 0 Å². The van der Waals surface area contributed by atoms with E-state index in [1.165, 1.54) is 0 Å². The predicted molar refractivity (Wildman–Crippen MR) is 59.0 cm³/mol. The number of aromatic amines is 1. The lowest BCUT2D eigenvalue weighted by molar-refractivity contribution is 0.101. The monoisotopic (exact) mass is 231 g/mol. The molecule has 0 aliphatic rings. The molecule has 0 bridgehead atoms. The SMILES string of the molecule is CC(C)COCCn1c(CO)n[nH]c1=S. The van der Waals surface area contributed by atoms with E-state index in [4.69, 9.17) is 22.1 Å². The number of nitrogens with zero attached hydrogens (tertiary/aromatic N) is 2. The summed E-state index contributed by atoms with van der Waals surface area (Å²) in [6.07, 6.45) is 0. The van der Waals surface area contributed by atoms with Gasteiger partial charge in [-0.05, 0) is 18.1 Å². The minimum atomic E-state index is -0.114. The lowest BCUT2D eigenvalue weighted by Crippen LogP contribution is -2.12. The molecule has 0 amide bonds. The first kappa shape index (κ1) is 12.4. The maximum absolute atomic E-state index is 8.99. The number of hydrogen-bond acceptors (Lipinski definition) is 4. The van der Waals surface area contributed by atoms with Gasteiger partial charge in [-0.1, -0.05) is 13.8 Å². The van der Waals surface area contributed by atoms with Crippen LogP contribution in [0.3, 0.4) is 0 Å². The van der Waals surface area contributed by atoms with Gasteiger partial charge in [0.05, 0.1) is 13.2 Å². The fourth-order valence-corrected chi connectivity index (χ4v) is 1.42. The van der Waals surface area contributed by atoms with Crippen LogP contribution in [0.4, 0.5) is 0 Å². The Morgan fingerprint density at radius 2 is 2.33 bits per heavy atom. The topological polar surface area (TPSA) is 63.1 Å². The highest BCUT2D eigenvalue weighted by Gasteiger charge is 2.04. The molecule has 0 radical (unpaired) electrons. The zero-order chi connectivity index (χ0) is 11.3. The molecule has 2 N–H and O–H groups in total. The molecule has 0 saturated heterocycles. The van der Waals surface area contributed by atoms with Crippen molar-refractivity contribution in [3.63, 3.8) is 0 Å². The molecule has 1 aromatic rings. The molecule has 0 fully saturated rings. The van der Waals surface area contributed by atoms with E-state index in [0.29, 0.717) is 29.7 Å². The Morgan fingerprint density at radius 1 is 1.60 bits per heavy atom. The van der Waals surface area contributed by atoms with E-state index >= 15 is 0 Å². The number of aliphatic hydroxyl groups excluding tert-OH is 1. The van der Waals surface area contributed by atoms with Crippen LogP contribution in [0.2, 0.25) is 0 Å². The van der Waals surface area contributed by atoms with Crippen molar-refractivity contribution in [1.29, 1.82) is 0 Å². The highest BCUT2D eigenvalue weighted by atomic mass is 32.1. The summed E-state index contributed by atoms with van der Waals surface area (Å²) in [6, 6.07) is 0. The number of H-pyrrole nitrogens is 1. The summed E-state index contributed by atoms with van der Waals surface area (Å²) in [5.74, 6) is 1.08. The van der Waals surface area contributed by atoms with E-state index in [0.717, 1.165) is 6.61 Å². The van der Waals surface area contributed by atoms with Gasteiger partial charge in [-0.25, -0.2) is 0 Å². The maximum Gasteiger partial charge on any atom is 0.195 e. The minimum absolute atomic E-state index is 0.114. The van der Waals surface area contributed by atoms with Crippen LogP contribution < -0.4 is 0 Å². The van der Waals surface area contributed by atoms with E-state index in [-0.39, 0.29) is 6.61 Å². The lowest BCUT2D eigenvalue weighted by atomic mass is 10.2. The smallest absolute Gasteiger partial charge is 0.195 e. The van der Waals surface area contributed by atoms with Gasteiger partial charge >= 0.3 is 0 Å². The second-order valence-electron chi connectivity index (χ2n) is 3.72. The third kappa shape index (κ3) is 3.73. The largest absolute Gasteiger partial charge is 0.388 e. The summed E-state index contributed by atoms with van der Waals surface area (Å²) >= 11 is 5.02. The highest BCUT2D eigenvalue weighted by molar-refractivity contribution is 7.71. The van der Waals surface area contributed by atoms with Gasteiger partial charge in [0.15, 0.2) is 10.6 Å². The first-order valence-electron chi connectivity index (χ1n) is 4.97. The molecular formula is C9H17N3O2S. The van der Waals surface area contributed by atoms with Crippen LogP contribution in [0.15, 0.2) is 0 Å². The standard InChI is InChI=1S/C9H17N3O2S/c1-7(2)6-14-4-3-12-8(5-13)10-11-9(12)15/h7,13H,3-6H2,1-2H3,(H,11,15). The van der Waals surface area contributed by atoms with Crippen molar-refractivity contribution in [2.45, 2.75) is 27.0 Å². The van der Waals surface area contributed by atoms with E-state index in [1.54, 1.807) is 4.57 Å². The number of rotatable bonds is 6. The van der Waals surface area contributed by atoms with Crippen molar-refractivity contribution in [2.24, 2.45) is 5.92 Å². The normalized spacial score (nSPS) is 11.2. The molecule has 15 heavy (non-hydrogen) atoms. The number of ether oxygens (including phenoxy) is 1. The van der Waals surface area contributed by atoms with Crippen LogP contribution in [0.5, 0.6) is 0 Å². The van der Waals surface area contributed by atoms with Crippen LogP contribution in [0.25, 0.3) is 0 Å². The van der Waals surface area contributed by atoms with Crippen LogP contribution >= 0.6 is 12.2 Å². The minimum Gasteiger partial charge on any atom is -0.388 e. The molecule has 5 nitrogen and oxygen atoms in total. The molecule has 0 atom stereocenters. The predicted octanol–water partition coefficient (Wildman–Crippen LogP) is 1.11. The number of nitrogens with one attached hydrogen (secondary N) is 1. The Labute approximate surface area is 94.1 Å². The van der Waals surface area contributed by atoms with Crippen LogP contribution in [0.1, 0.15) is 19.7 Å². The molecule has 0 unspecified atom stereocenters. The van der Waals surface area contributed by atoms with Gasteiger partial charge in [0.1, 0.15) is 6.61 Å². The van der Waals surface area contributed by atoms with E-state index < -0.39 is 0 Å². The van der Waals surface area contributed by atoms with Gasteiger partial charge in [-0.3, -0.25) is 9.67 Å². The quantitative estimate of drug-likeness (QED) is 0.568. The second-order valence-corrected chi connectivity index (χ2v) is 4.11. The molecule has 0 saturated carbocycles. The molecule has 1 aromatic heterocycles. The molecule has 86 valence electrons. The molecule has 6 heteroatoms. The zero-order valence-electron chi connectivity index (χ0n) is 9.06. The number of hydrogen-bond donors (Lipinski definition) is 2. The Bertz CT molecular complexity index is 345. The Hall–Kier alpha value is -0.720. The second kappa shape index (κ2) is 5.99. The third-order valence-electron chi connectivity index (χ3n) is 1.89. The molecule has 1 rings (SSSR count).